The zero-order valence-corrected chi connectivity index (χ0v) is 15.4. The maximum atomic E-state index is 13.2. The van der Waals surface area contributed by atoms with Crippen molar-refractivity contribution in [2.45, 2.75) is 38.4 Å². The molecule has 2 amide bonds. The molecule has 28 heavy (non-hydrogen) atoms. The molecule has 148 valence electrons. The maximum Gasteiger partial charge on any atom is 0.416 e. The topological polar surface area (TPSA) is 49.4 Å². The quantitative estimate of drug-likeness (QED) is 0.822. The number of halogens is 3. The number of rotatable bonds is 4. The number of carbonyl (C=O) groups is 2. The highest BCUT2D eigenvalue weighted by atomic mass is 19.4. The molecule has 1 aliphatic rings. The van der Waals surface area contributed by atoms with Crippen LogP contribution in [0.15, 0.2) is 48.5 Å². The molecule has 0 aromatic heterocycles. The smallest absolute Gasteiger partial charge is 0.327 e. The SMILES string of the molecule is Cc1ccc(NC(=O)C(c2ccccc2)N2CCCCC2=O)cc1C(F)(F)F. The second-order valence-electron chi connectivity index (χ2n) is 6.87. The van der Waals surface area contributed by atoms with Crippen molar-refractivity contribution in [3.8, 4) is 0 Å². The van der Waals surface area contributed by atoms with E-state index in [1.54, 1.807) is 30.3 Å². The molecule has 0 aliphatic carbocycles. The lowest BCUT2D eigenvalue weighted by atomic mass is 10.00. The van der Waals surface area contributed by atoms with Crippen LogP contribution in [-0.4, -0.2) is 23.3 Å². The van der Waals surface area contributed by atoms with Crippen LogP contribution in [0.2, 0.25) is 0 Å². The molecule has 1 fully saturated rings. The Morgan fingerprint density at radius 1 is 1.11 bits per heavy atom. The molecule has 7 heteroatoms. The summed E-state index contributed by atoms with van der Waals surface area (Å²) >= 11 is 0. The van der Waals surface area contributed by atoms with Gasteiger partial charge in [-0.2, -0.15) is 13.2 Å². The van der Waals surface area contributed by atoms with E-state index in [0.717, 1.165) is 18.9 Å². The van der Waals surface area contributed by atoms with E-state index >= 15 is 0 Å². The molecule has 0 radical (unpaired) electrons. The molecular weight excluding hydrogens is 369 g/mol. The molecule has 2 aromatic rings. The Kier molecular flexibility index (Phi) is 5.72. The van der Waals surface area contributed by atoms with Gasteiger partial charge in [-0.15, -0.1) is 0 Å². The summed E-state index contributed by atoms with van der Waals surface area (Å²) in [5.41, 5.74) is -0.0429. The molecule has 1 unspecified atom stereocenters. The zero-order valence-electron chi connectivity index (χ0n) is 15.4. The number of hydrogen-bond acceptors (Lipinski definition) is 2. The highest BCUT2D eigenvalue weighted by molar-refractivity contribution is 5.98. The molecule has 1 N–H and O–H groups in total. The van der Waals surface area contributed by atoms with Gasteiger partial charge in [-0.05, 0) is 43.0 Å². The number of nitrogens with one attached hydrogen (secondary N) is 1. The summed E-state index contributed by atoms with van der Waals surface area (Å²) in [6.45, 7) is 1.81. The summed E-state index contributed by atoms with van der Waals surface area (Å²) in [7, 11) is 0. The summed E-state index contributed by atoms with van der Waals surface area (Å²) in [6.07, 6.45) is -2.59. The number of hydrogen-bond donors (Lipinski definition) is 1. The van der Waals surface area contributed by atoms with E-state index in [1.807, 2.05) is 0 Å². The fraction of sp³-hybridized carbons (Fsp3) is 0.333. The number of likely N-dealkylation sites (tertiary alicyclic amines) is 1. The van der Waals surface area contributed by atoms with Crippen molar-refractivity contribution in [1.29, 1.82) is 0 Å². The molecule has 1 saturated heterocycles. The number of nitrogens with zero attached hydrogens (tertiary/aromatic N) is 1. The molecule has 4 nitrogen and oxygen atoms in total. The lowest BCUT2D eigenvalue weighted by Gasteiger charge is -2.34. The molecule has 1 atom stereocenters. The normalized spacial score (nSPS) is 16.0. The van der Waals surface area contributed by atoms with E-state index in [2.05, 4.69) is 5.32 Å². The molecule has 2 aromatic carbocycles. The van der Waals surface area contributed by atoms with Gasteiger partial charge in [-0.1, -0.05) is 36.4 Å². The Bertz CT molecular complexity index is 866. The molecule has 0 spiro atoms. The largest absolute Gasteiger partial charge is 0.416 e. The van der Waals surface area contributed by atoms with Crippen LogP contribution in [0.25, 0.3) is 0 Å². The van der Waals surface area contributed by atoms with Gasteiger partial charge in [-0.25, -0.2) is 0 Å². The third kappa shape index (κ3) is 4.35. The minimum Gasteiger partial charge on any atom is -0.327 e. The van der Waals surface area contributed by atoms with E-state index in [0.29, 0.717) is 18.5 Å². The van der Waals surface area contributed by atoms with Crippen molar-refractivity contribution in [3.63, 3.8) is 0 Å². The average Bonchev–Trinajstić information content (AvgIpc) is 2.65. The third-order valence-corrected chi connectivity index (χ3v) is 4.85. The summed E-state index contributed by atoms with van der Waals surface area (Å²) in [6, 6.07) is 11.6. The number of amides is 2. The number of benzene rings is 2. The standard InChI is InChI=1S/C21H21F3N2O2/c1-14-10-11-16(13-17(14)21(22,23)24)25-20(28)19(15-7-3-2-4-8-15)26-12-6-5-9-18(26)27/h2-4,7-8,10-11,13,19H,5-6,9,12H2,1H3,(H,25,28). The predicted molar refractivity (Wildman–Crippen MR) is 99.6 cm³/mol. The van der Waals surface area contributed by atoms with Gasteiger partial charge in [0.1, 0.15) is 6.04 Å². The summed E-state index contributed by atoms with van der Waals surface area (Å²) < 4.78 is 39.5. The number of alkyl halides is 3. The van der Waals surface area contributed by atoms with Crippen LogP contribution in [0, 0.1) is 6.92 Å². The Labute approximate surface area is 161 Å². The van der Waals surface area contributed by atoms with E-state index in [-0.39, 0.29) is 17.2 Å². The Morgan fingerprint density at radius 3 is 2.46 bits per heavy atom. The van der Waals surface area contributed by atoms with Gasteiger partial charge >= 0.3 is 6.18 Å². The first-order chi connectivity index (χ1) is 13.3. The zero-order chi connectivity index (χ0) is 20.3. The number of anilines is 1. The van der Waals surface area contributed by atoms with E-state index in [9.17, 15) is 22.8 Å². The minimum atomic E-state index is -4.51. The number of carbonyl (C=O) groups excluding carboxylic acids is 2. The molecule has 1 heterocycles. The van der Waals surface area contributed by atoms with Crippen molar-refractivity contribution in [1.82, 2.24) is 4.90 Å². The summed E-state index contributed by atoms with van der Waals surface area (Å²) in [5.74, 6) is -0.659. The second kappa shape index (κ2) is 8.04. The molecule has 1 aliphatic heterocycles. The predicted octanol–water partition coefficient (Wildman–Crippen LogP) is 4.71. The summed E-state index contributed by atoms with van der Waals surface area (Å²) in [4.78, 5) is 26.9. The lowest BCUT2D eigenvalue weighted by Crippen LogP contribution is -2.43. The van der Waals surface area contributed by atoms with Gasteiger partial charge < -0.3 is 10.2 Å². The first-order valence-electron chi connectivity index (χ1n) is 9.10. The second-order valence-corrected chi connectivity index (χ2v) is 6.87. The van der Waals surface area contributed by atoms with Crippen LogP contribution < -0.4 is 5.32 Å². The summed E-state index contributed by atoms with van der Waals surface area (Å²) in [5, 5.41) is 2.57. The maximum absolute atomic E-state index is 13.2. The van der Waals surface area contributed by atoms with Crippen molar-refractivity contribution < 1.29 is 22.8 Å². The fourth-order valence-corrected chi connectivity index (χ4v) is 3.42. The van der Waals surface area contributed by atoms with E-state index in [4.69, 9.17) is 0 Å². The van der Waals surface area contributed by atoms with Gasteiger partial charge in [0, 0.05) is 18.7 Å². The average molecular weight is 390 g/mol. The highest BCUT2D eigenvalue weighted by Gasteiger charge is 2.34. The van der Waals surface area contributed by atoms with Crippen LogP contribution in [0.4, 0.5) is 18.9 Å². The number of piperidine rings is 1. The Hall–Kier alpha value is -2.83. The van der Waals surface area contributed by atoms with Gasteiger partial charge in [0.05, 0.1) is 5.56 Å². The van der Waals surface area contributed by atoms with Crippen molar-refractivity contribution in [2.75, 3.05) is 11.9 Å². The van der Waals surface area contributed by atoms with Crippen molar-refractivity contribution in [3.05, 3.63) is 65.2 Å². The van der Waals surface area contributed by atoms with Gasteiger partial charge in [-0.3, -0.25) is 9.59 Å². The monoisotopic (exact) mass is 390 g/mol. The third-order valence-electron chi connectivity index (χ3n) is 4.85. The first kappa shape index (κ1) is 19.9. The molecule has 0 bridgehead atoms. The molecule has 3 rings (SSSR count). The van der Waals surface area contributed by atoms with Crippen LogP contribution in [0.1, 0.15) is 42.0 Å². The minimum absolute atomic E-state index is 0.0494. The van der Waals surface area contributed by atoms with Gasteiger partial charge in [0.2, 0.25) is 5.91 Å². The van der Waals surface area contributed by atoms with E-state index in [1.165, 1.54) is 24.0 Å². The Balaban J connectivity index is 1.91. The lowest BCUT2D eigenvalue weighted by molar-refractivity contribution is -0.141. The number of aryl methyl sites for hydroxylation is 1. The molecule has 0 saturated carbocycles. The van der Waals surface area contributed by atoms with E-state index < -0.39 is 23.7 Å². The Morgan fingerprint density at radius 2 is 1.82 bits per heavy atom. The van der Waals surface area contributed by atoms with Gasteiger partial charge in [0.15, 0.2) is 0 Å². The van der Waals surface area contributed by atoms with Crippen molar-refractivity contribution in [2.24, 2.45) is 0 Å². The van der Waals surface area contributed by atoms with Crippen LogP contribution >= 0.6 is 0 Å². The molecular formula is C21H21F3N2O2. The fourth-order valence-electron chi connectivity index (χ4n) is 3.42. The van der Waals surface area contributed by atoms with Crippen LogP contribution in [0.5, 0.6) is 0 Å². The van der Waals surface area contributed by atoms with Crippen LogP contribution in [-0.2, 0) is 15.8 Å². The highest BCUT2D eigenvalue weighted by Crippen LogP contribution is 2.34. The van der Waals surface area contributed by atoms with Gasteiger partial charge in [0.25, 0.3) is 5.91 Å². The van der Waals surface area contributed by atoms with Crippen molar-refractivity contribution >= 4 is 17.5 Å². The first-order valence-corrected chi connectivity index (χ1v) is 9.10. The van der Waals surface area contributed by atoms with Crippen LogP contribution in [0.3, 0.4) is 0 Å².